The second-order valence-corrected chi connectivity index (χ2v) is 5.47. The molecule has 4 heteroatoms. The minimum absolute atomic E-state index is 0.572. The van der Waals surface area contributed by atoms with Crippen LogP contribution in [0.25, 0.3) is 10.9 Å². The van der Waals surface area contributed by atoms with E-state index in [1.165, 1.54) is 0 Å². The predicted molar refractivity (Wildman–Crippen MR) is 72.6 cm³/mol. The van der Waals surface area contributed by atoms with Gasteiger partial charge in [-0.15, -0.1) is 0 Å². The van der Waals surface area contributed by atoms with E-state index in [0.717, 1.165) is 50.2 Å². The molecule has 0 unspecified atom stereocenters. The normalized spacial score (nSPS) is 15.0. The molecule has 0 saturated heterocycles. The first-order chi connectivity index (χ1) is 8.18. The van der Waals surface area contributed by atoms with Gasteiger partial charge in [0, 0.05) is 21.8 Å². The lowest BCUT2D eigenvalue weighted by Gasteiger charge is -2.19. The Kier molecular flexibility index (Phi) is 2.85. The summed E-state index contributed by atoms with van der Waals surface area (Å²) >= 11 is 10.0. The van der Waals surface area contributed by atoms with Crippen LogP contribution in [0.2, 0.25) is 5.02 Å². The number of aromatic nitrogens is 1. The maximum atomic E-state index is 6.50. The van der Waals surface area contributed by atoms with E-state index in [1.54, 1.807) is 0 Å². The molecule has 0 bridgehead atoms. The van der Waals surface area contributed by atoms with Crippen LogP contribution in [-0.2, 0) is 17.8 Å². The molecular formula is C13H11BrClNO. The lowest BCUT2D eigenvalue weighted by Crippen LogP contribution is -2.13. The van der Waals surface area contributed by atoms with Crippen LogP contribution in [-0.4, -0.2) is 11.6 Å². The van der Waals surface area contributed by atoms with Crippen molar-refractivity contribution in [2.75, 3.05) is 6.61 Å². The van der Waals surface area contributed by atoms with Crippen LogP contribution in [0.3, 0.4) is 0 Å². The van der Waals surface area contributed by atoms with Gasteiger partial charge in [-0.1, -0.05) is 17.7 Å². The SMILES string of the molecule is Cc1ccc(Br)c2nc3c(c(Cl)c12)COCC3. The lowest BCUT2D eigenvalue weighted by atomic mass is 10.0. The first-order valence-electron chi connectivity index (χ1n) is 5.52. The van der Waals surface area contributed by atoms with Crippen molar-refractivity contribution >= 4 is 38.4 Å². The summed E-state index contributed by atoms with van der Waals surface area (Å²) < 4.78 is 6.45. The maximum Gasteiger partial charge on any atom is 0.0865 e. The summed E-state index contributed by atoms with van der Waals surface area (Å²) in [5, 5.41) is 1.83. The van der Waals surface area contributed by atoms with Gasteiger partial charge in [0.1, 0.15) is 0 Å². The van der Waals surface area contributed by atoms with Gasteiger partial charge in [-0.3, -0.25) is 4.98 Å². The number of ether oxygens (including phenoxy) is 1. The van der Waals surface area contributed by atoms with E-state index < -0.39 is 0 Å². The van der Waals surface area contributed by atoms with E-state index in [9.17, 15) is 0 Å². The molecule has 1 aromatic heterocycles. The van der Waals surface area contributed by atoms with Crippen molar-refractivity contribution in [3.8, 4) is 0 Å². The van der Waals surface area contributed by atoms with Gasteiger partial charge in [0.15, 0.2) is 0 Å². The number of rotatable bonds is 0. The fraction of sp³-hybridized carbons (Fsp3) is 0.308. The highest BCUT2D eigenvalue weighted by Crippen LogP contribution is 2.35. The Balaban J connectivity index is 2.44. The van der Waals surface area contributed by atoms with Crippen molar-refractivity contribution in [3.05, 3.63) is 38.4 Å². The number of nitrogens with zero attached hydrogens (tertiary/aromatic N) is 1. The molecule has 1 aliphatic heterocycles. The standard InChI is InChI=1S/C13H11BrClNO/c1-7-2-3-9(14)13-11(7)12(15)8-6-17-5-4-10(8)16-13/h2-3H,4-6H2,1H3. The molecule has 1 aromatic carbocycles. The van der Waals surface area contributed by atoms with Crippen molar-refractivity contribution < 1.29 is 4.74 Å². The maximum absolute atomic E-state index is 6.50. The minimum Gasteiger partial charge on any atom is -0.376 e. The first-order valence-corrected chi connectivity index (χ1v) is 6.69. The van der Waals surface area contributed by atoms with Crippen LogP contribution in [0.15, 0.2) is 16.6 Å². The molecule has 2 nitrogen and oxygen atoms in total. The van der Waals surface area contributed by atoms with E-state index in [4.69, 9.17) is 21.3 Å². The Labute approximate surface area is 113 Å². The van der Waals surface area contributed by atoms with Gasteiger partial charge in [-0.05, 0) is 34.5 Å². The minimum atomic E-state index is 0.572. The summed E-state index contributed by atoms with van der Waals surface area (Å²) in [5.74, 6) is 0. The monoisotopic (exact) mass is 311 g/mol. The Morgan fingerprint density at radius 2 is 2.24 bits per heavy atom. The second-order valence-electron chi connectivity index (χ2n) is 4.24. The van der Waals surface area contributed by atoms with Crippen molar-refractivity contribution in [3.63, 3.8) is 0 Å². The van der Waals surface area contributed by atoms with Crippen LogP contribution in [0, 0.1) is 6.92 Å². The van der Waals surface area contributed by atoms with Crippen LogP contribution >= 0.6 is 27.5 Å². The number of benzene rings is 1. The Bertz CT molecular complexity index is 612. The topological polar surface area (TPSA) is 22.1 Å². The van der Waals surface area contributed by atoms with E-state index in [1.807, 2.05) is 6.07 Å². The number of aryl methyl sites for hydroxylation is 1. The Hall–Kier alpha value is -0.640. The Morgan fingerprint density at radius 1 is 1.41 bits per heavy atom. The van der Waals surface area contributed by atoms with Gasteiger partial charge in [0.2, 0.25) is 0 Å². The third-order valence-electron chi connectivity index (χ3n) is 3.15. The summed E-state index contributed by atoms with van der Waals surface area (Å²) in [6.45, 7) is 3.35. The van der Waals surface area contributed by atoms with Gasteiger partial charge in [0.05, 0.1) is 29.4 Å². The summed E-state index contributed by atoms with van der Waals surface area (Å²) in [6, 6.07) is 4.07. The average Bonchev–Trinajstić information content (AvgIpc) is 2.34. The fourth-order valence-corrected chi connectivity index (χ4v) is 3.05. The highest BCUT2D eigenvalue weighted by molar-refractivity contribution is 9.10. The average molecular weight is 313 g/mol. The zero-order valence-corrected chi connectivity index (χ0v) is 11.7. The number of halogens is 2. The molecular weight excluding hydrogens is 302 g/mol. The third kappa shape index (κ3) is 1.77. The van der Waals surface area contributed by atoms with Crippen LogP contribution in [0.5, 0.6) is 0 Å². The van der Waals surface area contributed by atoms with E-state index in [0.29, 0.717) is 6.61 Å². The summed E-state index contributed by atoms with van der Waals surface area (Å²) in [7, 11) is 0. The number of hydrogen-bond acceptors (Lipinski definition) is 2. The second kappa shape index (κ2) is 4.23. The van der Waals surface area contributed by atoms with Gasteiger partial charge >= 0.3 is 0 Å². The molecule has 0 radical (unpaired) electrons. The molecule has 0 N–H and O–H groups in total. The van der Waals surface area contributed by atoms with Gasteiger partial charge < -0.3 is 4.74 Å². The third-order valence-corrected chi connectivity index (χ3v) is 4.20. The van der Waals surface area contributed by atoms with Gasteiger partial charge in [0.25, 0.3) is 0 Å². The quantitative estimate of drug-likeness (QED) is 0.732. The van der Waals surface area contributed by atoms with Crippen LogP contribution in [0.4, 0.5) is 0 Å². The molecule has 0 fully saturated rings. The molecule has 0 saturated carbocycles. The molecule has 3 rings (SSSR count). The summed E-state index contributed by atoms with van der Waals surface area (Å²) in [5.41, 5.74) is 4.22. The zero-order chi connectivity index (χ0) is 12.0. The molecule has 2 heterocycles. The Morgan fingerprint density at radius 3 is 3.06 bits per heavy atom. The van der Waals surface area contributed by atoms with Crippen molar-refractivity contribution in [2.24, 2.45) is 0 Å². The van der Waals surface area contributed by atoms with E-state index in [2.05, 4.69) is 28.9 Å². The number of fused-ring (bicyclic) bond motifs is 2. The van der Waals surface area contributed by atoms with E-state index in [-0.39, 0.29) is 0 Å². The molecule has 0 aliphatic carbocycles. The molecule has 17 heavy (non-hydrogen) atoms. The lowest BCUT2D eigenvalue weighted by molar-refractivity contribution is 0.109. The highest BCUT2D eigenvalue weighted by atomic mass is 79.9. The molecule has 0 spiro atoms. The molecule has 1 aliphatic rings. The van der Waals surface area contributed by atoms with Crippen molar-refractivity contribution in [1.29, 1.82) is 0 Å². The first kappa shape index (κ1) is 11.5. The number of pyridine rings is 1. The van der Waals surface area contributed by atoms with E-state index >= 15 is 0 Å². The van der Waals surface area contributed by atoms with Crippen LogP contribution < -0.4 is 0 Å². The smallest absolute Gasteiger partial charge is 0.0865 e. The largest absolute Gasteiger partial charge is 0.376 e. The predicted octanol–water partition coefficient (Wildman–Crippen LogP) is 4.03. The summed E-state index contributed by atoms with van der Waals surface area (Å²) in [6.07, 6.45) is 0.839. The summed E-state index contributed by atoms with van der Waals surface area (Å²) in [4.78, 5) is 4.73. The van der Waals surface area contributed by atoms with Gasteiger partial charge in [-0.25, -0.2) is 0 Å². The van der Waals surface area contributed by atoms with Crippen LogP contribution in [0.1, 0.15) is 16.8 Å². The molecule has 0 amide bonds. The highest BCUT2D eigenvalue weighted by Gasteiger charge is 2.19. The molecule has 2 aromatic rings. The van der Waals surface area contributed by atoms with Crippen molar-refractivity contribution in [1.82, 2.24) is 4.98 Å². The fourth-order valence-electron chi connectivity index (χ4n) is 2.23. The van der Waals surface area contributed by atoms with Gasteiger partial charge in [-0.2, -0.15) is 0 Å². The number of hydrogen-bond donors (Lipinski definition) is 0. The van der Waals surface area contributed by atoms with Crippen molar-refractivity contribution in [2.45, 2.75) is 20.0 Å². The molecule has 88 valence electrons. The molecule has 0 atom stereocenters. The zero-order valence-electron chi connectivity index (χ0n) is 9.39.